The second-order valence-electron chi connectivity index (χ2n) is 6.76. The smallest absolute Gasteiger partial charge is 0.306 e. The molecule has 1 amide bonds. The number of rotatable bonds is 9. The lowest BCUT2D eigenvalue weighted by molar-refractivity contribution is -0.152. The lowest BCUT2D eigenvalue weighted by Gasteiger charge is -2.26. The molecule has 0 radical (unpaired) electrons. The number of likely N-dealkylation sites (N-methyl/N-ethyl adjacent to an activating group) is 1. The van der Waals surface area contributed by atoms with Crippen molar-refractivity contribution in [1.29, 1.82) is 0 Å². The van der Waals surface area contributed by atoms with Crippen LogP contribution in [-0.2, 0) is 24.2 Å². The van der Waals surface area contributed by atoms with E-state index in [1.807, 2.05) is 13.0 Å². The molecule has 1 aromatic rings. The van der Waals surface area contributed by atoms with Gasteiger partial charge in [-0.2, -0.15) is 0 Å². The Labute approximate surface area is 170 Å². The normalized spacial score (nSPS) is 17.9. The summed E-state index contributed by atoms with van der Waals surface area (Å²) in [5.41, 5.74) is 0.910. The first kappa shape index (κ1) is 22.5. The van der Waals surface area contributed by atoms with Gasteiger partial charge in [0, 0.05) is 24.0 Å². The van der Waals surface area contributed by atoms with E-state index in [-0.39, 0.29) is 36.5 Å². The van der Waals surface area contributed by atoms with E-state index < -0.39 is 15.8 Å². The molecule has 1 heterocycles. The van der Waals surface area contributed by atoms with Crippen molar-refractivity contribution in [1.82, 2.24) is 4.90 Å². The van der Waals surface area contributed by atoms with E-state index in [1.165, 1.54) is 4.90 Å². The van der Waals surface area contributed by atoms with Gasteiger partial charge in [0.1, 0.15) is 5.75 Å². The van der Waals surface area contributed by atoms with E-state index in [4.69, 9.17) is 21.1 Å². The quantitative estimate of drug-likeness (QED) is 0.440. The Balaban J connectivity index is 1.68. The van der Waals surface area contributed by atoms with Gasteiger partial charge in [0.15, 0.2) is 16.4 Å². The first-order valence-corrected chi connectivity index (χ1v) is 11.5. The Kier molecular flexibility index (Phi) is 8.12. The van der Waals surface area contributed by atoms with E-state index in [1.54, 1.807) is 19.1 Å². The number of carbonyl (C=O) groups excluding carboxylic acids is 2. The number of hydrogen-bond acceptors (Lipinski definition) is 6. The van der Waals surface area contributed by atoms with Crippen LogP contribution in [0.5, 0.6) is 5.75 Å². The number of aryl methyl sites for hydroxylation is 1. The predicted octanol–water partition coefficient (Wildman–Crippen LogP) is 2.39. The molecule has 1 aromatic carbocycles. The molecule has 0 saturated carbocycles. The lowest BCUT2D eigenvalue weighted by Crippen LogP contribution is -2.43. The van der Waals surface area contributed by atoms with Gasteiger partial charge in [-0.25, -0.2) is 8.42 Å². The summed E-state index contributed by atoms with van der Waals surface area (Å²) in [5, 5.41) is 0.664. The molecule has 9 heteroatoms. The van der Waals surface area contributed by atoms with E-state index >= 15 is 0 Å². The van der Waals surface area contributed by atoms with Crippen LogP contribution in [0.15, 0.2) is 18.2 Å². The van der Waals surface area contributed by atoms with Crippen molar-refractivity contribution in [2.24, 2.45) is 0 Å². The molecule has 0 spiro atoms. The molecule has 7 nitrogen and oxygen atoms in total. The van der Waals surface area contributed by atoms with Crippen molar-refractivity contribution in [2.45, 2.75) is 39.2 Å². The number of halogens is 1. The van der Waals surface area contributed by atoms with Crippen molar-refractivity contribution in [3.63, 3.8) is 0 Å². The summed E-state index contributed by atoms with van der Waals surface area (Å²) in [4.78, 5) is 25.6. The summed E-state index contributed by atoms with van der Waals surface area (Å²) in [7, 11) is -3.08. The predicted molar refractivity (Wildman–Crippen MR) is 106 cm³/mol. The van der Waals surface area contributed by atoms with Gasteiger partial charge in [0.25, 0.3) is 5.91 Å². The molecule has 0 aliphatic carbocycles. The average molecular weight is 432 g/mol. The highest BCUT2D eigenvalue weighted by molar-refractivity contribution is 7.91. The molecular formula is C19H26ClNO6S. The molecule has 1 aliphatic rings. The highest BCUT2D eigenvalue weighted by atomic mass is 35.5. The molecular weight excluding hydrogens is 406 g/mol. The third kappa shape index (κ3) is 6.67. The van der Waals surface area contributed by atoms with Crippen molar-refractivity contribution in [3.8, 4) is 5.75 Å². The molecule has 2 rings (SSSR count). The number of sulfone groups is 1. The van der Waals surface area contributed by atoms with E-state index in [2.05, 4.69) is 0 Å². The number of benzene rings is 1. The number of carbonyl (C=O) groups is 2. The number of nitrogens with zero attached hydrogens (tertiary/aromatic N) is 1. The molecule has 1 fully saturated rings. The third-order valence-electron chi connectivity index (χ3n) is 4.59. The van der Waals surface area contributed by atoms with Crippen LogP contribution in [0.2, 0.25) is 5.02 Å². The average Bonchev–Trinajstić information content (AvgIpc) is 3.00. The van der Waals surface area contributed by atoms with E-state index in [0.717, 1.165) is 5.56 Å². The summed E-state index contributed by atoms with van der Waals surface area (Å²) in [5.74, 6) is -0.114. The summed E-state index contributed by atoms with van der Waals surface area (Å²) < 4.78 is 33.8. The largest absolute Gasteiger partial charge is 0.494 e. The maximum absolute atomic E-state index is 12.3. The van der Waals surface area contributed by atoms with E-state index in [0.29, 0.717) is 36.8 Å². The minimum Gasteiger partial charge on any atom is -0.494 e. The van der Waals surface area contributed by atoms with Gasteiger partial charge in [-0.3, -0.25) is 9.59 Å². The Morgan fingerprint density at radius 2 is 2.07 bits per heavy atom. The zero-order valence-corrected chi connectivity index (χ0v) is 17.7. The molecule has 0 bridgehead atoms. The molecule has 1 aliphatic heterocycles. The minimum atomic E-state index is -3.08. The summed E-state index contributed by atoms with van der Waals surface area (Å²) in [6.07, 6.45) is 1.01. The maximum Gasteiger partial charge on any atom is 0.306 e. The Morgan fingerprint density at radius 3 is 2.68 bits per heavy atom. The molecule has 1 saturated heterocycles. The Bertz CT molecular complexity index is 811. The van der Waals surface area contributed by atoms with Crippen LogP contribution in [0.3, 0.4) is 0 Å². The second kappa shape index (κ2) is 10.1. The first-order valence-electron chi connectivity index (χ1n) is 9.26. The van der Waals surface area contributed by atoms with Gasteiger partial charge in [-0.15, -0.1) is 0 Å². The minimum absolute atomic E-state index is 0.0258. The Hall–Kier alpha value is -1.80. The Morgan fingerprint density at radius 1 is 1.32 bits per heavy atom. The van der Waals surface area contributed by atoms with Crippen molar-refractivity contribution < 1.29 is 27.5 Å². The maximum atomic E-state index is 12.3. The van der Waals surface area contributed by atoms with Crippen LogP contribution in [0, 0.1) is 6.92 Å². The fourth-order valence-corrected chi connectivity index (χ4v) is 4.92. The fraction of sp³-hybridized carbons (Fsp3) is 0.579. The SMILES string of the molecule is CCN(C(=O)COC(=O)CCCOc1ccc(Cl)c(C)c1)C1CCS(=O)(=O)C1. The highest BCUT2D eigenvalue weighted by Crippen LogP contribution is 2.21. The van der Waals surface area contributed by atoms with E-state index in [9.17, 15) is 18.0 Å². The van der Waals surface area contributed by atoms with Crippen LogP contribution < -0.4 is 4.74 Å². The molecule has 156 valence electrons. The van der Waals surface area contributed by atoms with Crippen molar-refractivity contribution in [3.05, 3.63) is 28.8 Å². The summed E-state index contributed by atoms with van der Waals surface area (Å²) >= 11 is 5.95. The van der Waals surface area contributed by atoms with Gasteiger partial charge in [-0.05, 0) is 50.5 Å². The van der Waals surface area contributed by atoms with Crippen LogP contribution >= 0.6 is 11.6 Å². The monoisotopic (exact) mass is 431 g/mol. The molecule has 0 aromatic heterocycles. The molecule has 1 atom stereocenters. The molecule has 1 unspecified atom stereocenters. The van der Waals surface area contributed by atoms with Gasteiger partial charge in [-0.1, -0.05) is 11.6 Å². The highest BCUT2D eigenvalue weighted by Gasteiger charge is 2.34. The first-order chi connectivity index (χ1) is 13.2. The van der Waals surface area contributed by atoms with Crippen LogP contribution in [-0.4, -0.2) is 62.5 Å². The van der Waals surface area contributed by atoms with Crippen molar-refractivity contribution in [2.75, 3.05) is 31.3 Å². The van der Waals surface area contributed by atoms with Crippen LogP contribution in [0.1, 0.15) is 31.7 Å². The number of hydrogen-bond donors (Lipinski definition) is 0. The summed E-state index contributed by atoms with van der Waals surface area (Å²) in [6, 6.07) is 5.00. The third-order valence-corrected chi connectivity index (χ3v) is 6.76. The second-order valence-corrected chi connectivity index (χ2v) is 9.40. The molecule has 28 heavy (non-hydrogen) atoms. The van der Waals surface area contributed by atoms with Crippen LogP contribution in [0.25, 0.3) is 0 Å². The van der Waals surface area contributed by atoms with Gasteiger partial charge < -0.3 is 14.4 Å². The number of amides is 1. The zero-order valence-electron chi connectivity index (χ0n) is 16.1. The van der Waals surface area contributed by atoms with Gasteiger partial charge in [0.05, 0.1) is 18.1 Å². The number of esters is 1. The standard InChI is InChI=1S/C19H26ClNO6S/c1-3-21(15-8-10-28(24,25)13-15)18(22)12-27-19(23)5-4-9-26-16-6-7-17(20)14(2)11-16/h6-7,11,15H,3-5,8-10,12-13H2,1-2H3. The van der Waals surface area contributed by atoms with Gasteiger partial charge >= 0.3 is 5.97 Å². The van der Waals surface area contributed by atoms with Gasteiger partial charge in [0.2, 0.25) is 0 Å². The lowest BCUT2D eigenvalue weighted by atomic mass is 10.2. The zero-order chi connectivity index (χ0) is 20.7. The number of ether oxygens (including phenoxy) is 2. The summed E-state index contributed by atoms with van der Waals surface area (Å²) in [6.45, 7) is 4.00. The topological polar surface area (TPSA) is 90.0 Å². The van der Waals surface area contributed by atoms with Crippen LogP contribution in [0.4, 0.5) is 0 Å². The van der Waals surface area contributed by atoms with Crippen molar-refractivity contribution >= 4 is 33.3 Å². The fourth-order valence-electron chi connectivity index (χ4n) is 3.07. The molecule has 0 N–H and O–H groups in total.